The number of benzene rings is 1. The summed E-state index contributed by atoms with van der Waals surface area (Å²) in [5.41, 5.74) is 0.822. The maximum Gasteiger partial charge on any atom is 0.126 e. The first-order valence-corrected chi connectivity index (χ1v) is 7.38. The quantitative estimate of drug-likeness (QED) is 0.798. The Balaban J connectivity index is 2.08. The van der Waals surface area contributed by atoms with Crippen molar-refractivity contribution in [2.75, 3.05) is 6.54 Å². The molecule has 0 radical (unpaired) electrons. The highest BCUT2D eigenvalue weighted by atomic mass is 19.1. The van der Waals surface area contributed by atoms with Gasteiger partial charge in [-0.15, -0.1) is 0 Å². The highest BCUT2D eigenvalue weighted by Crippen LogP contribution is 2.32. The van der Waals surface area contributed by atoms with Crippen LogP contribution in [0.2, 0.25) is 0 Å². The molecule has 106 valence electrons. The lowest BCUT2D eigenvalue weighted by Gasteiger charge is -2.21. The average molecular weight is 267 g/mol. The first-order valence-electron chi connectivity index (χ1n) is 7.38. The lowest BCUT2D eigenvalue weighted by atomic mass is 9.90. The van der Waals surface area contributed by atoms with E-state index in [0.29, 0.717) is 6.04 Å². The molecule has 1 aliphatic rings. The van der Waals surface area contributed by atoms with Crippen LogP contribution in [-0.2, 0) is 0 Å². The van der Waals surface area contributed by atoms with E-state index in [1.165, 1.54) is 25.0 Å². The van der Waals surface area contributed by atoms with Gasteiger partial charge in [-0.1, -0.05) is 19.8 Å². The Bertz CT molecular complexity index is 385. The molecule has 0 aliphatic heterocycles. The number of hydrogen-bond acceptors (Lipinski definition) is 1. The second-order valence-corrected chi connectivity index (χ2v) is 5.57. The molecule has 0 spiro atoms. The van der Waals surface area contributed by atoms with Crippen LogP contribution < -0.4 is 5.32 Å². The molecular weight excluding hydrogens is 244 g/mol. The Kier molecular flexibility index (Phi) is 5.32. The van der Waals surface area contributed by atoms with Crippen LogP contribution >= 0.6 is 0 Å². The third kappa shape index (κ3) is 4.27. The van der Waals surface area contributed by atoms with Crippen LogP contribution in [0.4, 0.5) is 8.78 Å². The molecule has 1 nitrogen and oxygen atoms in total. The molecule has 1 fully saturated rings. The Morgan fingerprint density at radius 1 is 1.11 bits per heavy atom. The van der Waals surface area contributed by atoms with Crippen molar-refractivity contribution >= 4 is 0 Å². The molecule has 0 saturated heterocycles. The first-order chi connectivity index (χ1) is 9.19. The van der Waals surface area contributed by atoms with Gasteiger partial charge in [0.1, 0.15) is 11.6 Å². The van der Waals surface area contributed by atoms with Crippen molar-refractivity contribution in [3.8, 4) is 0 Å². The van der Waals surface area contributed by atoms with Crippen LogP contribution in [0.1, 0.15) is 56.9 Å². The molecule has 0 bridgehead atoms. The van der Waals surface area contributed by atoms with Gasteiger partial charge >= 0.3 is 0 Å². The van der Waals surface area contributed by atoms with E-state index in [1.54, 1.807) is 0 Å². The molecule has 2 atom stereocenters. The predicted octanol–water partition coefficient (Wildman–Crippen LogP) is 4.38. The van der Waals surface area contributed by atoms with Crippen LogP contribution in [0.15, 0.2) is 18.2 Å². The van der Waals surface area contributed by atoms with Gasteiger partial charge in [0.05, 0.1) is 0 Å². The van der Waals surface area contributed by atoms with E-state index >= 15 is 0 Å². The van der Waals surface area contributed by atoms with Gasteiger partial charge in [0, 0.05) is 12.1 Å². The molecule has 0 aromatic heterocycles. The van der Waals surface area contributed by atoms with Crippen molar-refractivity contribution in [3.63, 3.8) is 0 Å². The van der Waals surface area contributed by atoms with Gasteiger partial charge in [-0.05, 0) is 55.8 Å². The summed E-state index contributed by atoms with van der Waals surface area (Å²) in [5, 5.41) is 3.55. The van der Waals surface area contributed by atoms with Crippen molar-refractivity contribution in [1.82, 2.24) is 5.32 Å². The SMILES string of the molecule is CCCNC1CCCCC(c2cc(F)cc(F)c2)C1. The summed E-state index contributed by atoms with van der Waals surface area (Å²) in [4.78, 5) is 0. The largest absolute Gasteiger partial charge is 0.314 e. The standard InChI is InChI=1S/C16H23F2N/c1-2-7-19-16-6-4-3-5-12(10-16)13-8-14(17)11-15(18)9-13/h8-9,11-12,16,19H,2-7,10H2,1H3. The average Bonchev–Trinajstić information content (AvgIpc) is 2.60. The van der Waals surface area contributed by atoms with Crippen LogP contribution in [0.5, 0.6) is 0 Å². The number of halogens is 2. The normalized spacial score (nSPS) is 24.2. The maximum atomic E-state index is 13.3. The Labute approximate surface area is 114 Å². The minimum absolute atomic E-state index is 0.280. The molecule has 1 aromatic rings. The maximum absolute atomic E-state index is 13.3. The van der Waals surface area contributed by atoms with Gasteiger partial charge in [0.2, 0.25) is 0 Å². The van der Waals surface area contributed by atoms with E-state index in [1.807, 2.05) is 0 Å². The first kappa shape index (κ1) is 14.4. The smallest absolute Gasteiger partial charge is 0.126 e. The van der Waals surface area contributed by atoms with Crippen molar-refractivity contribution in [2.24, 2.45) is 0 Å². The third-order valence-corrected chi connectivity index (χ3v) is 3.96. The zero-order valence-corrected chi connectivity index (χ0v) is 11.6. The fourth-order valence-corrected chi connectivity index (χ4v) is 3.01. The van der Waals surface area contributed by atoms with Crippen LogP contribution in [0.25, 0.3) is 0 Å². The van der Waals surface area contributed by atoms with E-state index < -0.39 is 11.6 Å². The van der Waals surface area contributed by atoms with Crippen molar-refractivity contribution in [3.05, 3.63) is 35.4 Å². The van der Waals surface area contributed by atoms with Gasteiger partial charge < -0.3 is 5.32 Å². The number of nitrogens with one attached hydrogen (secondary N) is 1. The van der Waals surface area contributed by atoms with Gasteiger partial charge in [0.15, 0.2) is 0 Å². The minimum atomic E-state index is -0.461. The summed E-state index contributed by atoms with van der Waals surface area (Å²) in [6.45, 7) is 3.18. The summed E-state index contributed by atoms with van der Waals surface area (Å²) < 4.78 is 26.7. The molecule has 1 aromatic carbocycles. The van der Waals surface area contributed by atoms with E-state index in [9.17, 15) is 8.78 Å². The Morgan fingerprint density at radius 3 is 2.47 bits per heavy atom. The molecule has 1 saturated carbocycles. The van der Waals surface area contributed by atoms with Crippen molar-refractivity contribution in [1.29, 1.82) is 0 Å². The van der Waals surface area contributed by atoms with Crippen molar-refractivity contribution < 1.29 is 8.78 Å². The molecule has 1 aliphatic carbocycles. The second kappa shape index (κ2) is 6.99. The zero-order chi connectivity index (χ0) is 13.7. The van der Waals surface area contributed by atoms with Crippen molar-refractivity contribution in [2.45, 2.75) is 57.4 Å². The number of hydrogen-bond donors (Lipinski definition) is 1. The molecule has 0 amide bonds. The predicted molar refractivity (Wildman–Crippen MR) is 74.3 cm³/mol. The highest BCUT2D eigenvalue weighted by molar-refractivity contribution is 5.22. The third-order valence-electron chi connectivity index (χ3n) is 3.96. The summed E-state index contributed by atoms with van der Waals surface area (Å²) >= 11 is 0. The summed E-state index contributed by atoms with van der Waals surface area (Å²) in [6.07, 6.45) is 6.67. The second-order valence-electron chi connectivity index (χ2n) is 5.57. The fraction of sp³-hybridized carbons (Fsp3) is 0.625. The Hall–Kier alpha value is -0.960. The van der Waals surface area contributed by atoms with E-state index in [2.05, 4.69) is 12.2 Å². The monoisotopic (exact) mass is 267 g/mol. The minimum Gasteiger partial charge on any atom is -0.314 e. The van der Waals surface area contributed by atoms with E-state index in [-0.39, 0.29) is 5.92 Å². The van der Waals surface area contributed by atoms with E-state index in [4.69, 9.17) is 0 Å². The summed E-state index contributed by atoms with van der Waals surface area (Å²) in [7, 11) is 0. The highest BCUT2D eigenvalue weighted by Gasteiger charge is 2.21. The van der Waals surface area contributed by atoms with Gasteiger partial charge in [-0.3, -0.25) is 0 Å². The van der Waals surface area contributed by atoms with Crippen LogP contribution in [0, 0.1) is 11.6 Å². The molecule has 19 heavy (non-hydrogen) atoms. The van der Waals surface area contributed by atoms with Crippen LogP contribution in [0.3, 0.4) is 0 Å². The summed E-state index contributed by atoms with van der Waals surface area (Å²) in [5.74, 6) is -0.642. The topological polar surface area (TPSA) is 12.0 Å². The van der Waals surface area contributed by atoms with Gasteiger partial charge in [0.25, 0.3) is 0 Å². The molecule has 0 heterocycles. The molecule has 3 heteroatoms. The lowest BCUT2D eigenvalue weighted by molar-refractivity contribution is 0.438. The van der Waals surface area contributed by atoms with E-state index in [0.717, 1.165) is 43.9 Å². The molecular formula is C16H23F2N. The zero-order valence-electron chi connectivity index (χ0n) is 11.6. The summed E-state index contributed by atoms with van der Waals surface area (Å²) in [6, 6.07) is 4.43. The van der Waals surface area contributed by atoms with Gasteiger partial charge in [-0.25, -0.2) is 8.78 Å². The number of rotatable bonds is 4. The fourth-order valence-electron chi connectivity index (χ4n) is 3.01. The molecule has 2 unspecified atom stereocenters. The molecule has 2 rings (SSSR count). The van der Waals surface area contributed by atoms with Crippen LogP contribution in [-0.4, -0.2) is 12.6 Å². The molecule has 1 N–H and O–H groups in total. The Morgan fingerprint density at radius 2 is 1.79 bits per heavy atom. The lowest BCUT2D eigenvalue weighted by Crippen LogP contribution is -2.30. The van der Waals surface area contributed by atoms with Gasteiger partial charge in [-0.2, -0.15) is 0 Å².